The molecule has 0 aliphatic carbocycles. The highest BCUT2D eigenvalue weighted by Crippen LogP contribution is 2.33. The largest absolute Gasteiger partial charge is 0.462 e. The summed E-state index contributed by atoms with van der Waals surface area (Å²) in [5.41, 5.74) is 2.94. The topological polar surface area (TPSA) is 79.2 Å². The third-order valence-corrected chi connectivity index (χ3v) is 5.17. The lowest BCUT2D eigenvalue weighted by Crippen LogP contribution is -2.07. The number of carbonyl (C=O) groups excluding carboxylic acids is 2. The van der Waals surface area contributed by atoms with Gasteiger partial charge in [-0.15, -0.1) is 11.3 Å². The van der Waals surface area contributed by atoms with Crippen molar-refractivity contribution in [3.63, 3.8) is 0 Å². The molecule has 0 saturated heterocycles. The van der Waals surface area contributed by atoms with E-state index in [1.54, 1.807) is 19.9 Å². The van der Waals surface area contributed by atoms with Crippen molar-refractivity contribution in [2.75, 3.05) is 11.9 Å². The summed E-state index contributed by atoms with van der Waals surface area (Å²) in [6.45, 7) is 7.88. The molecule has 2 rings (SSSR count). The number of anilines is 1. The van der Waals surface area contributed by atoms with Gasteiger partial charge in [-0.2, -0.15) is 5.26 Å². The Morgan fingerprint density at radius 2 is 1.96 bits per heavy atom. The summed E-state index contributed by atoms with van der Waals surface area (Å²) in [5.74, 6) is -0.403. The van der Waals surface area contributed by atoms with Crippen LogP contribution in [0, 0.1) is 18.3 Å². The molecule has 0 bridgehead atoms. The summed E-state index contributed by atoms with van der Waals surface area (Å²) in [4.78, 5) is 24.5. The van der Waals surface area contributed by atoms with Gasteiger partial charge < -0.3 is 10.1 Å². The van der Waals surface area contributed by atoms with E-state index < -0.39 is 5.97 Å². The molecule has 0 radical (unpaired) electrons. The number of benzene rings is 1. The quantitative estimate of drug-likeness (QED) is 0.570. The summed E-state index contributed by atoms with van der Waals surface area (Å²) >= 11 is 1.05. The zero-order valence-electron chi connectivity index (χ0n) is 15.8. The molecule has 5 nitrogen and oxygen atoms in total. The van der Waals surface area contributed by atoms with Gasteiger partial charge in [0.05, 0.1) is 12.2 Å². The van der Waals surface area contributed by atoms with Crippen molar-refractivity contribution in [1.29, 1.82) is 5.26 Å². The molecular weight excluding hydrogens is 360 g/mol. The van der Waals surface area contributed by atoms with E-state index in [2.05, 4.69) is 19.2 Å². The van der Waals surface area contributed by atoms with E-state index in [-0.39, 0.29) is 18.1 Å². The number of ether oxygens (including phenoxy) is 1. The molecule has 0 unspecified atom stereocenters. The molecule has 0 saturated carbocycles. The first kappa shape index (κ1) is 20.4. The first-order valence-corrected chi connectivity index (χ1v) is 9.48. The maximum absolute atomic E-state index is 12.2. The van der Waals surface area contributed by atoms with Gasteiger partial charge in [0.15, 0.2) is 0 Å². The molecule has 1 amide bonds. The number of nitrogens with one attached hydrogen (secondary N) is 1. The molecule has 1 aromatic carbocycles. The fourth-order valence-corrected chi connectivity index (χ4v) is 3.50. The number of amides is 1. The van der Waals surface area contributed by atoms with E-state index >= 15 is 0 Å². The number of thiophene rings is 1. The van der Waals surface area contributed by atoms with Crippen LogP contribution in [0.1, 0.15) is 58.6 Å². The Bertz CT molecular complexity index is 903. The van der Waals surface area contributed by atoms with Crippen LogP contribution in [0.15, 0.2) is 30.3 Å². The lowest BCUT2D eigenvalue weighted by Gasteiger charge is -2.04. The van der Waals surface area contributed by atoms with Crippen LogP contribution in [0.2, 0.25) is 0 Å². The molecule has 0 atom stereocenters. The lowest BCUT2D eigenvalue weighted by molar-refractivity contribution is -0.111. The Hall–Kier alpha value is -2.91. The van der Waals surface area contributed by atoms with Crippen molar-refractivity contribution in [2.24, 2.45) is 0 Å². The Morgan fingerprint density at radius 3 is 2.52 bits per heavy atom. The zero-order chi connectivity index (χ0) is 20.0. The van der Waals surface area contributed by atoms with Gasteiger partial charge in [0.1, 0.15) is 15.9 Å². The van der Waals surface area contributed by atoms with Crippen molar-refractivity contribution >= 4 is 34.3 Å². The number of esters is 1. The number of nitrogens with zero attached hydrogens (tertiary/aromatic N) is 1. The number of hydrogen-bond acceptors (Lipinski definition) is 5. The molecule has 2 aromatic rings. The van der Waals surface area contributed by atoms with Gasteiger partial charge in [-0.3, -0.25) is 4.79 Å². The number of carbonyl (C=O) groups is 2. The normalized spacial score (nSPS) is 10.8. The fraction of sp³-hybridized carbons (Fsp3) is 0.286. The van der Waals surface area contributed by atoms with Crippen LogP contribution in [0.3, 0.4) is 0 Å². The molecule has 140 valence electrons. The average molecular weight is 382 g/mol. The highest BCUT2D eigenvalue weighted by molar-refractivity contribution is 7.18. The summed E-state index contributed by atoms with van der Waals surface area (Å²) in [7, 11) is 0. The Morgan fingerprint density at radius 1 is 1.30 bits per heavy atom. The summed E-state index contributed by atoms with van der Waals surface area (Å²) < 4.78 is 4.99. The molecule has 0 aliphatic rings. The van der Waals surface area contributed by atoms with Gasteiger partial charge in [0, 0.05) is 6.08 Å². The maximum Gasteiger partial charge on any atom is 0.348 e. The van der Waals surface area contributed by atoms with E-state index in [4.69, 9.17) is 4.74 Å². The molecule has 1 heterocycles. The Labute approximate surface area is 163 Å². The summed E-state index contributed by atoms with van der Waals surface area (Å²) in [5, 5.41) is 12.4. The minimum atomic E-state index is -0.488. The second-order valence-electron chi connectivity index (χ2n) is 6.24. The second kappa shape index (κ2) is 9.15. The molecule has 0 spiro atoms. The van der Waals surface area contributed by atoms with Gasteiger partial charge in [-0.25, -0.2) is 4.79 Å². The SMILES string of the molecule is CCOC(=O)c1sc(NC(=O)/C=C/c2ccc(C(C)C)cc2)c(C#N)c1C. The highest BCUT2D eigenvalue weighted by atomic mass is 32.1. The molecule has 6 heteroatoms. The first-order chi connectivity index (χ1) is 12.9. The Kier molecular flexibility index (Phi) is 6.91. The van der Waals surface area contributed by atoms with Gasteiger partial charge >= 0.3 is 5.97 Å². The third-order valence-electron chi connectivity index (χ3n) is 3.99. The molecule has 27 heavy (non-hydrogen) atoms. The van der Waals surface area contributed by atoms with E-state index in [0.717, 1.165) is 16.9 Å². The highest BCUT2D eigenvalue weighted by Gasteiger charge is 2.21. The molecule has 1 aromatic heterocycles. The zero-order valence-corrected chi connectivity index (χ0v) is 16.6. The van der Waals surface area contributed by atoms with Gasteiger partial charge in [0.25, 0.3) is 0 Å². The number of hydrogen-bond donors (Lipinski definition) is 1. The van der Waals surface area contributed by atoms with Gasteiger partial charge in [0.2, 0.25) is 5.91 Å². The minimum Gasteiger partial charge on any atom is -0.462 e. The minimum absolute atomic E-state index is 0.248. The molecular formula is C21H22N2O3S. The van der Waals surface area contributed by atoms with Crippen LogP contribution >= 0.6 is 11.3 Å². The van der Waals surface area contributed by atoms with Gasteiger partial charge in [-0.1, -0.05) is 38.1 Å². The third kappa shape index (κ3) is 5.05. The standard InChI is InChI=1S/C21H22N2O3S/c1-5-26-21(25)19-14(4)17(12-22)20(27-19)23-18(24)11-8-15-6-9-16(10-7-15)13(2)3/h6-11,13H,5H2,1-4H3,(H,23,24)/b11-8+. The van der Waals surface area contributed by atoms with Crippen molar-refractivity contribution in [3.8, 4) is 6.07 Å². The lowest BCUT2D eigenvalue weighted by atomic mass is 10.0. The van der Waals surface area contributed by atoms with Crippen LogP contribution in [0.4, 0.5) is 5.00 Å². The maximum atomic E-state index is 12.2. The van der Waals surface area contributed by atoms with E-state index in [1.807, 2.05) is 30.3 Å². The second-order valence-corrected chi connectivity index (χ2v) is 7.26. The van der Waals surface area contributed by atoms with E-state index in [0.29, 0.717) is 21.4 Å². The molecule has 0 fully saturated rings. The van der Waals surface area contributed by atoms with Crippen molar-refractivity contribution in [1.82, 2.24) is 0 Å². The van der Waals surface area contributed by atoms with Gasteiger partial charge in [-0.05, 0) is 42.5 Å². The fourth-order valence-electron chi connectivity index (χ4n) is 2.45. The number of rotatable bonds is 6. The Balaban J connectivity index is 2.14. The van der Waals surface area contributed by atoms with Crippen LogP contribution in [0.25, 0.3) is 6.08 Å². The number of nitriles is 1. The van der Waals surface area contributed by atoms with Crippen molar-refractivity contribution in [2.45, 2.75) is 33.6 Å². The van der Waals surface area contributed by atoms with Crippen LogP contribution in [-0.2, 0) is 9.53 Å². The van der Waals surface area contributed by atoms with Crippen LogP contribution < -0.4 is 5.32 Å². The summed E-state index contributed by atoms with van der Waals surface area (Å²) in [6, 6.07) is 10.0. The predicted octanol–water partition coefficient (Wildman–Crippen LogP) is 4.88. The van der Waals surface area contributed by atoms with Crippen LogP contribution in [0.5, 0.6) is 0 Å². The smallest absolute Gasteiger partial charge is 0.348 e. The first-order valence-electron chi connectivity index (χ1n) is 8.67. The predicted molar refractivity (Wildman–Crippen MR) is 108 cm³/mol. The molecule has 1 N–H and O–H groups in total. The monoisotopic (exact) mass is 382 g/mol. The van der Waals surface area contributed by atoms with E-state index in [1.165, 1.54) is 11.6 Å². The summed E-state index contributed by atoms with van der Waals surface area (Å²) in [6.07, 6.45) is 3.11. The van der Waals surface area contributed by atoms with Crippen molar-refractivity contribution < 1.29 is 14.3 Å². The average Bonchev–Trinajstić information content (AvgIpc) is 2.95. The van der Waals surface area contributed by atoms with E-state index in [9.17, 15) is 14.9 Å². The molecule has 0 aliphatic heterocycles. The van der Waals surface area contributed by atoms with Crippen molar-refractivity contribution in [3.05, 3.63) is 57.5 Å². The van der Waals surface area contributed by atoms with Crippen LogP contribution in [-0.4, -0.2) is 18.5 Å².